The number of carbonyl (C=O) groups is 3. The molecule has 3 rings (SSSR count). The Labute approximate surface area is 445 Å². The lowest BCUT2D eigenvalue weighted by Gasteiger charge is -2.34. The standard InChI is InChI=1S/C12H26O2.C12H24O.C10H18O2.C10H18O.2C9H18O2/c1-9(2)11(7-6-10(3)13)8-12(4,5)14;1-9(2)8-12(10(3)4)7-6-11(5)13;1-7(2)9-5-4-8(3)12-10(11)6-9;1-7(2)9-5-4-8(3)10(11)6-9;1-6(2)8-5-4-7(3)11-9(8)10;1-7(2)9(6-10)5-4-8(3)11/h9-11,13-14H,6-8H2,1-5H3;8,10-13H,6-7H2,1-5H3;7-9H,4-6H2,1-3H3;7-9H,4-6H2,1-3H3;6-10H,4-5H2,1-3H3;6-9,11H,4-5H2,1-3H3. The molecule has 72 heavy (non-hydrogen) atoms. The number of aliphatic hydroxyl groups is 5. The van der Waals surface area contributed by atoms with Crippen LogP contribution in [0.3, 0.4) is 0 Å². The maximum absolute atomic E-state index is 11.3. The average molecular weight is 1030 g/mol. The summed E-state index contributed by atoms with van der Waals surface area (Å²) in [5.74, 6) is 7.03. The van der Waals surface area contributed by atoms with Crippen molar-refractivity contribution in [1.82, 2.24) is 0 Å². The van der Waals surface area contributed by atoms with E-state index in [1.54, 1.807) is 6.92 Å². The van der Waals surface area contributed by atoms with Gasteiger partial charge in [0.15, 0.2) is 6.29 Å². The Bertz CT molecular complexity index is 1370. The van der Waals surface area contributed by atoms with Gasteiger partial charge in [0, 0.05) is 30.6 Å². The fourth-order valence-corrected chi connectivity index (χ4v) is 9.29. The van der Waals surface area contributed by atoms with Crippen molar-refractivity contribution in [3.8, 4) is 0 Å². The molecule has 1 aliphatic carbocycles. The van der Waals surface area contributed by atoms with E-state index in [9.17, 15) is 34.8 Å². The van der Waals surface area contributed by atoms with Crippen LogP contribution in [-0.2, 0) is 23.9 Å². The highest BCUT2D eigenvalue weighted by molar-refractivity contribution is 5.81. The summed E-state index contributed by atoms with van der Waals surface area (Å²) in [6.07, 6.45) is 16.8. The molecule has 0 spiro atoms. The summed E-state index contributed by atoms with van der Waals surface area (Å²) in [6, 6.07) is 0. The molecule has 5 N–H and O–H groups in total. The van der Waals surface area contributed by atoms with Crippen LogP contribution in [0, 0.1) is 76.9 Å². The summed E-state index contributed by atoms with van der Waals surface area (Å²) in [5.41, 5.74) is 0.789. The zero-order chi connectivity index (χ0) is 56.6. The van der Waals surface area contributed by atoms with Crippen molar-refractivity contribution in [3.63, 3.8) is 0 Å². The average Bonchev–Trinajstić information content (AvgIpc) is 3.41. The number of aldehydes is 1. The molecule has 10 nitrogen and oxygen atoms in total. The summed E-state index contributed by atoms with van der Waals surface area (Å²) in [4.78, 5) is 33.0. The largest absolute Gasteiger partial charge is 0.463 e. The van der Waals surface area contributed by atoms with Crippen LogP contribution >= 0.6 is 0 Å². The van der Waals surface area contributed by atoms with Gasteiger partial charge in [-0.05, 0) is 205 Å². The number of rotatable bonds is 19. The van der Waals surface area contributed by atoms with Crippen LogP contribution in [-0.4, -0.2) is 86.0 Å². The van der Waals surface area contributed by atoms with Gasteiger partial charge in [0.05, 0.1) is 36.1 Å². The Kier molecular flexibility index (Phi) is 42.0. The van der Waals surface area contributed by atoms with E-state index < -0.39 is 11.9 Å². The monoisotopic (exact) mass is 1030 g/mol. The fourth-order valence-electron chi connectivity index (χ4n) is 9.29. The molecule has 1 saturated carbocycles. The number of ether oxygens (including phenoxy) is 2. The van der Waals surface area contributed by atoms with Crippen LogP contribution in [0.4, 0.5) is 0 Å². The molecule has 0 aromatic heterocycles. The molecule has 2 saturated heterocycles. The molecule has 0 radical (unpaired) electrons. The number of cyclic esters (lactones) is 1. The van der Waals surface area contributed by atoms with Crippen molar-refractivity contribution < 1.29 is 49.4 Å². The van der Waals surface area contributed by atoms with Gasteiger partial charge in [-0.25, -0.2) is 0 Å². The first kappa shape index (κ1) is 74.6. The molecule has 13 atom stereocenters. The van der Waals surface area contributed by atoms with Crippen molar-refractivity contribution in [1.29, 1.82) is 0 Å². The van der Waals surface area contributed by atoms with E-state index in [0.29, 0.717) is 83.2 Å². The predicted octanol–water partition coefficient (Wildman–Crippen LogP) is 14.4. The molecule has 2 aliphatic heterocycles. The first-order chi connectivity index (χ1) is 33.0. The lowest BCUT2D eigenvalue weighted by molar-refractivity contribution is -0.197. The third-order valence-corrected chi connectivity index (χ3v) is 15.0. The molecule has 10 heteroatoms. The minimum absolute atomic E-state index is 0.0151. The normalized spacial score (nSPS) is 25.0. The Morgan fingerprint density at radius 1 is 0.597 bits per heavy atom. The lowest BCUT2D eigenvalue weighted by atomic mass is 9.77. The molecule has 2 heterocycles. The highest BCUT2D eigenvalue weighted by Crippen LogP contribution is 2.32. The van der Waals surface area contributed by atoms with Gasteiger partial charge in [-0.2, -0.15) is 0 Å². The van der Waals surface area contributed by atoms with Crippen molar-refractivity contribution in [2.75, 3.05) is 0 Å². The van der Waals surface area contributed by atoms with Gasteiger partial charge in [-0.1, -0.05) is 102 Å². The van der Waals surface area contributed by atoms with Crippen LogP contribution in [0.2, 0.25) is 0 Å². The Morgan fingerprint density at radius 2 is 1.04 bits per heavy atom. The number of carbonyl (C=O) groups excluding carboxylic acids is 3. The number of aliphatic hydroxyl groups excluding tert-OH is 4. The maximum Gasteiger partial charge on any atom is 0.306 e. The zero-order valence-corrected chi connectivity index (χ0v) is 51.0. The third-order valence-electron chi connectivity index (χ3n) is 15.0. The van der Waals surface area contributed by atoms with Gasteiger partial charge < -0.3 is 39.8 Å². The van der Waals surface area contributed by atoms with Gasteiger partial charge in [0.25, 0.3) is 0 Å². The molecule has 3 aliphatic rings. The number of hydrogen-bond donors (Lipinski definition) is 5. The third kappa shape index (κ3) is 40.6. The van der Waals surface area contributed by atoms with Gasteiger partial charge in [0.2, 0.25) is 0 Å². The van der Waals surface area contributed by atoms with Gasteiger partial charge in [-0.3, -0.25) is 9.59 Å². The number of esters is 1. The number of Topliss-reactive ketones (excluding diaryl/α,β-unsaturated/α-hetero) is 1. The smallest absolute Gasteiger partial charge is 0.306 e. The quantitative estimate of drug-likeness (QED) is 0.0477. The second-order valence-electron chi connectivity index (χ2n) is 25.6. The summed E-state index contributed by atoms with van der Waals surface area (Å²) >= 11 is 0. The van der Waals surface area contributed by atoms with Crippen LogP contribution in [0.15, 0.2) is 11.6 Å². The zero-order valence-electron chi connectivity index (χ0n) is 51.0. The van der Waals surface area contributed by atoms with E-state index in [0.717, 1.165) is 89.8 Å². The molecule has 0 aromatic rings. The second-order valence-corrected chi connectivity index (χ2v) is 25.6. The van der Waals surface area contributed by atoms with Crippen LogP contribution in [0.5, 0.6) is 0 Å². The first-order valence-corrected chi connectivity index (χ1v) is 29.0. The molecule has 0 aromatic carbocycles. The summed E-state index contributed by atoms with van der Waals surface area (Å²) in [5, 5.41) is 46.6. The molecule has 430 valence electrons. The second kappa shape index (κ2) is 40.5. The van der Waals surface area contributed by atoms with Crippen LogP contribution in [0.25, 0.3) is 0 Å². The molecular formula is C62H122O10. The fraction of sp³-hybridized carbons (Fsp3) is 0.919. The van der Waals surface area contributed by atoms with E-state index in [-0.39, 0.29) is 42.4 Å². The molecule has 13 unspecified atom stereocenters. The molecule has 3 fully saturated rings. The molecule has 0 bridgehead atoms. The molecular weight excluding hydrogens is 905 g/mol. The number of hydrogen-bond acceptors (Lipinski definition) is 10. The van der Waals surface area contributed by atoms with Crippen molar-refractivity contribution in [3.05, 3.63) is 11.6 Å². The lowest BCUT2D eigenvalue weighted by Crippen LogP contribution is -2.36. The van der Waals surface area contributed by atoms with E-state index in [4.69, 9.17) is 14.6 Å². The topological polar surface area (TPSA) is 171 Å². The Balaban J connectivity index is -0.000000795. The highest BCUT2D eigenvalue weighted by atomic mass is 16.6. The van der Waals surface area contributed by atoms with E-state index in [1.807, 2.05) is 55.4 Å². The van der Waals surface area contributed by atoms with Gasteiger partial charge in [-0.15, -0.1) is 0 Å². The van der Waals surface area contributed by atoms with Crippen LogP contribution < -0.4 is 0 Å². The van der Waals surface area contributed by atoms with Gasteiger partial charge in [0.1, 0.15) is 12.1 Å². The predicted molar refractivity (Wildman–Crippen MR) is 302 cm³/mol. The van der Waals surface area contributed by atoms with E-state index in [2.05, 4.69) is 96.1 Å². The SMILES string of the molecule is CC(C)=CC(CCC(C)O)C(C)C.CC(O)CCC(C=O)C(C)C.CC(O)CCC(CC(C)(C)O)C(C)C.CC1CCC(C(C)C)C(O)O1.CC1CCC(C(C)C)CC(=O)O1.CC1CCC(C(C)C)CC1=O. The van der Waals surface area contributed by atoms with Gasteiger partial charge >= 0.3 is 5.97 Å². The minimum atomic E-state index is -0.590. The van der Waals surface area contributed by atoms with E-state index >= 15 is 0 Å². The molecule has 0 amide bonds. The minimum Gasteiger partial charge on any atom is -0.463 e. The van der Waals surface area contributed by atoms with Crippen molar-refractivity contribution in [2.24, 2.45) is 76.9 Å². The Morgan fingerprint density at radius 3 is 1.42 bits per heavy atom. The summed E-state index contributed by atoms with van der Waals surface area (Å²) in [6.45, 7) is 45.4. The number of ketones is 1. The highest BCUT2D eigenvalue weighted by Gasteiger charge is 2.30. The summed E-state index contributed by atoms with van der Waals surface area (Å²) < 4.78 is 10.5. The van der Waals surface area contributed by atoms with Crippen LogP contribution in [0.1, 0.15) is 249 Å². The van der Waals surface area contributed by atoms with Crippen molar-refractivity contribution in [2.45, 2.75) is 291 Å². The summed E-state index contributed by atoms with van der Waals surface area (Å²) in [7, 11) is 0. The number of allylic oxidation sites excluding steroid dienone is 2. The van der Waals surface area contributed by atoms with E-state index in [1.165, 1.54) is 12.0 Å². The Hall–Kier alpha value is -1.69. The first-order valence-electron chi connectivity index (χ1n) is 29.0. The van der Waals surface area contributed by atoms with Crippen molar-refractivity contribution >= 4 is 18.0 Å². The maximum atomic E-state index is 11.3.